The summed E-state index contributed by atoms with van der Waals surface area (Å²) in [4.78, 5) is 11.4. The molecular formula is C15H18N2O4S. The molecule has 0 radical (unpaired) electrons. The van der Waals surface area contributed by atoms with Crippen LogP contribution in [0.3, 0.4) is 0 Å². The maximum absolute atomic E-state index is 12.1. The van der Waals surface area contributed by atoms with Crippen molar-refractivity contribution in [2.24, 2.45) is 5.73 Å². The number of benzene rings is 1. The van der Waals surface area contributed by atoms with Crippen molar-refractivity contribution in [1.82, 2.24) is 4.57 Å². The first kappa shape index (κ1) is 15.1. The first-order chi connectivity index (χ1) is 10.3. The van der Waals surface area contributed by atoms with Crippen LogP contribution in [-0.2, 0) is 34.0 Å². The van der Waals surface area contributed by atoms with Crippen molar-refractivity contribution in [3.8, 4) is 0 Å². The molecule has 1 aromatic carbocycles. The lowest BCUT2D eigenvalue weighted by Gasteiger charge is -2.20. The minimum atomic E-state index is -3.45. The molecule has 7 heteroatoms. The standard InChI is InChI=1S/C15H18N2O4S/c1-22(20,21)13-4-2-3-10-11-7-9(16)5-6-12(11)17(15(10)13)8-14(18)19/h2-4,9H,5-8,16H2,1H3,(H,18,19). The van der Waals surface area contributed by atoms with Crippen molar-refractivity contribution in [3.05, 3.63) is 29.5 Å². The second kappa shape index (κ2) is 5.10. The summed E-state index contributed by atoms with van der Waals surface area (Å²) in [5, 5.41) is 10.00. The van der Waals surface area contributed by atoms with Crippen LogP contribution >= 0.6 is 0 Å². The Morgan fingerprint density at radius 3 is 2.82 bits per heavy atom. The van der Waals surface area contributed by atoms with Gasteiger partial charge in [0.2, 0.25) is 0 Å². The predicted molar refractivity (Wildman–Crippen MR) is 82.7 cm³/mol. The molecule has 1 aliphatic carbocycles. The molecule has 2 aromatic rings. The van der Waals surface area contributed by atoms with E-state index >= 15 is 0 Å². The zero-order valence-electron chi connectivity index (χ0n) is 12.2. The van der Waals surface area contributed by atoms with Gasteiger partial charge in [-0.25, -0.2) is 8.42 Å². The number of carbonyl (C=O) groups is 1. The van der Waals surface area contributed by atoms with Gasteiger partial charge in [-0.15, -0.1) is 0 Å². The molecule has 0 saturated carbocycles. The Kier molecular flexibility index (Phi) is 3.49. The number of hydrogen-bond donors (Lipinski definition) is 2. The summed E-state index contributed by atoms with van der Waals surface area (Å²) in [6.07, 6.45) is 3.23. The van der Waals surface area contributed by atoms with E-state index in [0.29, 0.717) is 18.4 Å². The number of para-hydroxylation sites is 1. The number of nitrogens with two attached hydrogens (primary N) is 1. The van der Waals surface area contributed by atoms with Gasteiger partial charge < -0.3 is 15.4 Å². The average molecular weight is 322 g/mol. The van der Waals surface area contributed by atoms with Crippen LogP contribution in [0.15, 0.2) is 23.1 Å². The van der Waals surface area contributed by atoms with Crippen LogP contribution in [0.2, 0.25) is 0 Å². The molecule has 3 N–H and O–H groups in total. The van der Waals surface area contributed by atoms with Crippen LogP contribution in [0, 0.1) is 0 Å². The maximum Gasteiger partial charge on any atom is 0.323 e. The number of rotatable bonds is 3. The highest BCUT2D eigenvalue weighted by molar-refractivity contribution is 7.91. The third kappa shape index (κ3) is 2.40. The molecule has 0 fully saturated rings. The molecule has 3 rings (SSSR count). The number of carboxylic acids is 1. The first-order valence-corrected chi connectivity index (χ1v) is 8.98. The molecule has 0 spiro atoms. The fourth-order valence-corrected chi connectivity index (χ4v) is 4.20. The van der Waals surface area contributed by atoms with Gasteiger partial charge in [0.25, 0.3) is 0 Å². The quantitative estimate of drug-likeness (QED) is 0.875. The Bertz CT molecular complexity index is 867. The number of nitrogens with zero attached hydrogens (tertiary/aromatic N) is 1. The van der Waals surface area contributed by atoms with Gasteiger partial charge in [0, 0.05) is 23.4 Å². The largest absolute Gasteiger partial charge is 0.480 e. The number of aromatic nitrogens is 1. The zero-order chi connectivity index (χ0) is 16.1. The van der Waals surface area contributed by atoms with E-state index in [1.54, 1.807) is 10.6 Å². The van der Waals surface area contributed by atoms with E-state index in [1.165, 1.54) is 6.07 Å². The molecule has 118 valence electrons. The Morgan fingerprint density at radius 2 is 2.18 bits per heavy atom. The Labute approximate surface area is 128 Å². The topological polar surface area (TPSA) is 102 Å². The van der Waals surface area contributed by atoms with Gasteiger partial charge in [0.05, 0.1) is 10.4 Å². The molecule has 0 saturated heterocycles. The summed E-state index contributed by atoms with van der Waals surface area (Å²) in [5.74, 6) is -0.988. The van der Waals surface area contributed by atoms with Crippen molar-refractivity contribution < 1.29 is 18.3 Å². The van der Waals surface area contributed by atoms with Gasteiger partial charge in [-0.05, 0) is 30.9 Å². The molecule has 6 nitrogen and oxygen atoms in total. The molecule has 22 heavy (non-hydrogen) atoms. The summed E-state index contributed by atoms with van der Waals surface area (Å²) in [6.45, 7) is -0.242. The number of fused-ring (bicyclic) bond motifs is 3. The number of hydrogen-bond acceptors (Lipinski definition) is 4. The maximum atomic E-state index is 12.1. The summed E-state index contributed by atoms with van der Waals surface area (Å²) in [7, 11) is -3.45. The highest BCUT2D eigenvalue weighted by Gasteiger charge is 2.27. The van der Waals surface area contributed by atoms with E-state index in [4.69, 9.17) is 5.73 Å². The van der Waals surface area contributed by atoms with Crippen molar-refractivity contribution in [2.75, 3.05) is 6.26 Å². The van der Waals surface area contributed by atoms with Crippen molar-refractivity contribution in [1.29, 1.82) is 0 Å². The second-order valence-electron chi connectivity index (χ2n) is 5.83. The van der Waals surface area contributed by atoms with Crippen LogP contribution in [0.25, 0.3) is 10.9 Å². The Hall–Kier alpha value is -1.86. The third-order valence-corrected chi connectivity index (χ3v) is 5.31. The molecule has 0 amide bonds. The van der Waals surface area contributed by atoms with E-state index in [2.05, 4.69) is 0 Å². The molecule has 1 unspecified atom stereocenters. The van der Waals surface area contributed by atoms with E-state index in [1.807, 2.05) is 6.07 Å². The highest BCUT2D eigenvalue weighted by atomic mass is 32.2. The van der Waals surface area contributed by atoms with Crippen LogP contribution in [0.4, 0.5) is 0 Å². The molecule has 0 aliphatic heterocycles. The lowest BCUT2D eigenvalue weighted by atomic mass is 9.92. The minimum Gasteiger partial charge on any atom is -0.480 e. The van der Waals surface area contributed by atoms with E-state index in [0.717, 1.165) is 29.3 Å². The Morgan fingerprint density at radius 1 is 1.45 bits per heavy atom. The molecule has 1 aromatic heterocycles. The summed E-state index contributed by atoms with van der Waals surface area (Å²) in [5.41, 5.74) is 8.41. The fraction of sp³-hybridized carbons (Fsp3) is 0.400. The molecular weight excluding hydrogens is 304 g/mol. The summed E-state index contributed by atoms with van der Waals surface area (Å²) < 4.78 is 25.8. The van der Waals surface area contributed by atoms with Crippen molar-refractivity contribution >= 4 is 26.7 Å². The van der Waals surface area contributed by atoms with Crippen LogP contribution in [-0.4, -0.2) is 36.4 Å². The molecule has 1 atom stereocenters. The second-order valence-corrected chi connectivity index (χ2v) is 7.82. The first-order valence-electron chi connectivity index (χ1n) is 7.09. The minimum absolute atomic E-state index is 0.0262. The number of carboxylic acid groups (broad SMARTS) is 1. The smallest absolute Gasteiger partial charge is 0.323 e. The van der Waals surface area contributed by atoms with Gasteiger partial charge in [-0.1, -0.05) is 12.1 Å². The van der Waals surface area contributed by atoms with E-state index < -0.39 is 15.8 Å². The highest BCUT2D eigenvalue weighted by Crippen LogP contribution is 2.35. The van der Waals surface area contributed by atoms with E-state index in [9.17, 15) is 18.3 Å². The number of sulfone groups is 1. The molecule has 0 bridgehead atoms. The van der Waals surface area contributed by atoms with Crippen molar-refractivity contribution in [3.63, 3.8) is 0 Å². The van der Waals surface area contributed by atoms with Crippen LogP contribution in [0.1, 0.15) is 17.7 Å². The predicted octanol–water partition coefficient (Wildman–Crippen LogP) is 0.945. The van der Waals surface area contributed by atoms with Crippen molar-refractivity contribution in [2.45, 2.75) is 36.7 Å². The third-order valence-electron chi connectivity index (χ3n) is 4.18. The van der Waals surface area contributed by atoms with Gasteiger partial charge in [-0.2, -0.15) is 0 Å². The van der Waals surface area contributed by atoms with Crippen LogP contribution in [0.5, 0.6) is 0 Å². The van der Waals surface area contributed by atoms with Gasteiger partial charge in [-0.3, -0.25) is 4.79 Å². The average Bonchev–Trinajstić information content (AvgIpc) is 2.71. The van der Waals surface area contributed by atoms with Crippen LogP contribution < -0.4 is 5.73 Å². The normalized spacial score (nSPS) is 18.4. The van der Waals surface area contributed by atoms with Gasteiger partial charge in [0.15, 0.2) is 9.84 Å². The monoisotopic (exact) mass is 322 g/mol. The SMILES string of the molecule is CS(=O)(=O)c1cccc2c3c(n(CC(=O)O)c12)CCC(N)C3. The lowest BCUT2D eigenvalue weighted by Crippen LogP contribution is -2.28. The summed E-state index contributed by atoms with van der Waals surface area (Å²) >= 11 is 0. The molecule has 1 aliphatic rings. The van der Waals surface area contributed by atoms with E-state index in [-0.39, 0.29) is 17.5 Å². The number of aliphatic carboxylic acids is 1. The Balaban J connectivity index is 2.40. The van der Waals surface area contributed by atoms with Gasteiger partial charge >= 0.3 is 5.97 Å². The summed E-state index contributed by atoms with van der Waals surface area (Å²) in [6, 6.07) is 5.10. The molecule has 1 heterocycles. The lowest BCUT2D eigenvalue weighted by molar-refractivity contribution is -0.137. The zero-order valence-corrected chi connectivity index (χ0v) is 13.1. The van der Waals surface area contributed by atoms with Gasteiger partial charge in [0.1, 0.15) is 6.54 Å². The fourth-order valence-electron chi connectivity index (χ4n) is 3.31.